The number of hydrogen-bond donors (Lipinski definition) is 1. The molecule has 0 aliphatic carbocycles. The Morgan fingerprint density at radius 1 is 1.29 bits per heavy atom. The minimum atomic E-state index is -0.160. The molecule has 0 atom stereocenters. The molecule has 108 valence electrons. The third-order valence-corrected chi connectivity index (χ3v) is 4.25. The van der Waals surface area contributed by atoms with Crippen molar-refractivity contribution in [1.29, 1.82) is 0 Å². The SMILES string of the molecule is Cc1ccc(C(=O)NCCCc2nc3ccccc3s2)o1. The van der Waals surface area contributed by atoms with Gasteiger partial charge >= 0.3 is 0 Å². The number of furan rings is 1. The lowest BCUT2D eigenvalue weighted by Crippen LogP contribution is -2.24. The molecule has 5 heteroatoms. The minimum absolute atomic E-state index is 0.160. The van der Waals surface area contributed by atoms with Gasteiger partial charge in [0.05, 0.1) is 15.2 Å². The first-order valence-electron chi connectivity index (χ1n) is 6.91. The molecular formula is C16H16N2O2S. The number of para-hydroxylation sites is 1. The standard InChI is InChI=1S/C16H16N2O2S/c1-11-8-9-13(20-11)16(19)17-10-4-7-15-18-12-5-2-3-6-14(12)21-15/h2-3,5-6,8-9H,4,7,10H2,1H3,(H,17,19). The first-order valence-corrected chi connectivity index (χ1v) is 7.73. The molecule has 4 nitrogen and oxygen atoms in total. The molecule has 1 N–H and O–H groups in total. The second kappa shape index (κ2) is 6.10. The number of aryl methyl sites for hydroxylation is 2. The molecule has 0 radical (unpaired) electrons. The Morgan fingerprint density at radius 3 is 2.90 bits per heavy atom. The van der Waals surface area contributed by atoms with Crippen LogP contribution in [0.15, 0.2) is 40.8 Å². The number of nitrogens with one attached hydrogen (secondary N) is 1. The highest BCUT2D eigenvalue weighted by Crippen LogP contribution is 2.22. The lowest BCUT2D eigenvalue weighted by Gasteiger charge is -2.01. The maximum Gasteiger partial charge on any atom is 0.286 e. The largest absolute Gasteiger partial charge is 0.456 e. The number of carbonyl (C=O) groups is 1. The molecule has 0 fully saturated rings. The fraction of sp³-hybridized carbons (Fsp3) is 0.250. The summed E-state index contributed by atoms with van der Waals surface area (Å²) in [6, 6.07) is 11.6. The normalized spacial score (nSPS) is 10.9. The molecule has 2 heterocycles. The summed E-state index contributed by atoms with van der Waals surface area (Å²) in [5.41, 5.74) is 1.05. The van der Waals surface area contributed by atoms with Crippen molar-refractivity contribution in [3.8, 4) is 0 Å². The van der Waals surface area contributed by atoms with Crippen molar-refractivity contribution in [1.82, 2.24) is 10.3 Å². The number of hydrogen-bond acceptors (Lipinski definition) is 4. The Hall–Kier alpha value is -2.14. The third-order valence-electron chi connectivity index (χ3n) is 3.16. The molecular weight excluding hydrogens is 284 g/mol. The Labute approximate surface area is 126 Å². The second-order valence-electron chi connectivity index (χ2n) is 4.85. The van der Waals surface area contributed by atoms with Gasteiger partial charge < -0.3 is 9.73 Å². The zero-order valence-corrected chi connectivity index (χ0v) is 12.6. The first kappa shape index (κ1) is 13.8. The Bertz CT molecular complexity index is 727. The molecule has 3 aromatic rings. The van der Waals surface area contributed by atoms with Crippen LogP contribution in [0.4, 0.5) is 0 Å². The van der Waals surface area contributed by atoms with Gasteiger partial charge in [0.1, 0.15) is 5.76 Å². The maximum atomic E-state index is 11.8. The van der Waals surface area contributed by atoms with Crippen LogP contribution in [0.5, 0.6) is 0 Å². The fourth-order valence-corrected chi connectivity index (χ4v) is 3.12. The molecule has 21 heavy (non-hydrogen) atoms. The van der Waals surface area contributed by atoms with Gasteiger partial charge in [-0.25, -0.2) is 4.98 Å². The van der Waals surface area contributed by atoms with Gasteiger partial charge in [-0.2, -0.15) is 0 Å². The van der Waals surface area contributed by atoms with E-state index in [1.54, 1.807) is 23.5 Å². The zero-order chi connectivity index (χ0) is 14.7. The van der Waals surface area contributed by atoms with Crippen molar-refractivity contribution in [2.75, 3.05) is 6.54 Å². The number of thiazole rings is 1. The van der Waals surface area contributed by atoms with E-state index >= 15 is 0 Å². The molecule has 0 aliphatic heterocycles. The van der Waals surface area contributed by atoms with E-state index < -0.39 is 0 Å². The maximum absolute atomic E-state index is 11.8. The van der Waals surface area contributed by atoms with Gasteiger partial charge in [0.25, 0.3) is 5.91 Å². The highest BCUT2D eigenvalue weighted by atomic mass is 32.1. The van der Waals surface area contributed by atoms with Gasteiger partial charge in [0, 0.05) is 13.0 Å². The van der Waals surface area contributed by atoms with Crippen LogP contribution in [-0.4, -0.2) is 17.4 Å². The fourth-order valence-electron chi connectivity index (χ4n) is 2.11. The highest BCUT2D eigenvalue weighted by Gasteiger charge is 2.09. The molecule has 0 spiro atoms. The highest BCUT2D eigenvalue weighted by molar-refractivity contribution is 7.18. The number of nitrogens with zero attached hydrogens (tertiary/aromatic N) is 1. The zero-order valence-electron chi connectivity index (χ0n) is 11.8. The van der Waals surface area contributed by atoms with Crippen LogP contribution in [0.3, 0.4) is 0 Å². The van der Waals surface area contributed by atoms with Gasteiger partial charge in [-0.3, -0.25) is 4.79 Å². The monoisotopic (exact) mass is 300 g/mol. The van der Waals surface area contributed by atoms with E-state index in [1.807, 2.05) is 25.1 Å². The van der Waals surface area contributed by atoms with E-state index in [0.29, 0.717) is 12.3 Å². The van der Waals surface area contributed by atoms with Crippen LogP contribution in [0.25, 0.3) is 10.2 Å². The van der Waals surface area contributed by atoms with Crippen molar-refractivity contribution < 1.29 is 9.21 Å². The molecule has 0 saturated heterocycles. The first-order chi connectivity index (χ1) is 10.2. The summed E-state index contributed by atoms with van der Waals surface area (Å²) in [5, 5.41) is 3.97. The van der Waals surface area contributed by atoms with E-state index in [-0.39, 0.29) is 5.91 Å². The van der Waals surface area contributed by atoms with Crippen molar-refractivity contribution >= 4 is 27.5 Å². The van der Waals surface area contributed by atoms with Crippen LogP contribution in [0.2, 0.25) is 0 Å². The van der Waals surface area contributed by atoms with Gasteiger partial charge in [-0.1, -0.05) is 12.1 Å². The van der Waals surface area contributed by atoms with Crippen LogP contribution in [0.1, 0.15) is 27.7 Å². The summed E-state index contributed by atoms with van der Waals surface area (Å²) >= 11 is 1.71. The molecule has 2 aromatic heterocycles. The smallest absolute Gasteiger partial charge is 0.286 e. The van der Waals surface area contributed by atoms with E-state index in [0.717, 1.165) is 29.1 Å². The summed E-state index contributed by atoms with van der Waals surface area (Å²) in [6.07, 6.45) is 1.74. The Morgan fingerprint density at radius 2 is 2.14 bits per heavy atom. The number of carbonyl (C=O) groups excluding carboxylic acids is 1. The molecule has 0 saturated carbocycles. The molecule has 0 unspecified atom stereocenters. The molecule has 3 rings (SSSR count). The van der Waals surface area contributed by atoms with Crippen molar-refractivity contribution in [3.63, 3.8) is 0 Å². The van der Waals surface area contributed by atoms with Gasteiger partial charge in [0.15, 0.2) is 5.76 Å². The lowest BCUT2D eigenvalue weighted by molar-refractivity contribution is 0.0924. The minimum Gasteiger partial charge on any atom is -0.456 e. The van der Waals surface area contributed by atoms with Crippen molar-refractivity contribution in [2.24, 2.45) is 0 Å². The average molecular weight is 300 g/mol. The van der Waals surface area contributed by atoms with Gasteiger partial charge in [-0.05, 0) is 37.6 Å². The number of rotatable bonds is 5. The topological polar surface area (TPSA) is 55.1 Å². The summed E-state index contributed by atoms with van der Waals surface area (Å²) in [7, 11) is 0. The summed E-state index contributed by atoms with van der Waals surface area (Å²) < 4.78 is 6.49. The lowest BCUT2D eigenvalue weighted by atomic mass is 10.3. The number of amides is 1. The van der Waals surface area contributed by atoms with Crippen LogP contribution in [0, 0.1) is 6.92 Å². The predicted octanol–water partition coefficient (Wildman–Crippen LogP) is 3.56. The molecule has 1 aromatic carbocycles. The van der Waals surface area contributed by atoms with E-state index in [9.17, 15) is 4.79 Å². The number of benzene rings is 1. The van der Waals surface area contributed by atoms with E-state index in [2.05, 4.69) is 16.4 Å². The quantitative estimate of drug-likeness (QED) is 0.733. The molecule has 0 bridgehead atoms. The second-order valence-corrected chi connectivity index (χ2v) is 5.96. The Kier molecular flexibility index (Phi) is 4.01. The molecule has 1 amide bonds. The van der Waals surface area contributed by atoms with Crippen LogP contribution >= 0.6 is 11.3 Å². The average Bonchev–Trinajstić information content (AvgIpc) is 3.09. The van der Waals surface area contributed by atoms with E-state index in [1.165, 1.54) is 4.70 Å². The van der Waals surface area contributed by atoms with Gasteiger partial charge in [0.2, 0.25) is 0 Å². The van der Waals surface area contributed by atoms with Crippen LogP contribution < -0.4 is 5.32 Å². The van der Waals surface area contributed by atoms with Crippen LogP contribution in [-0.2, 0) is 6.42 Å². The Balaban J connectivity index is 1.49. The summed E-state index contributed by atoms with van der Waals surface area (Å²) in [4.78, 5) is 16.4. The number of aromatic nitrogens is 1. The number of fused-ring (bicyclic) bond motifs is 1. The van der Waals surface area contributed by atoms with Crippen molar-refractivity contribution in [3.05, 3.63) is 52.9 Å². The molecule has 0 aliphatic rings. The van der Waals surface area contributed by atoms with Gasteiger partial charge in [-0.15, -0.1) is 11.3 Å². The van der Waals surface area contributed by atoms with Crippen molar-refractivity contribution in [2.45, 2.75) is 19.8 Å². The van der Waals surface area contributed by atoms with E-state index in [4.69, 9.17) is 4.42 Å². The third kappa shape index (κ3) is 3.31. The predicted molar refractivity (Wildman–Crippen MR) is 83.7 cm³/mol. The summed E-state index contributed by atoms with van der Waals surface area (Å²) in [5.74, 6) is 0.953. The summed E-state index contributed by atoms with van der Waals surface area (Å²) in [6.45, 7) is 2.44.